The summed E-state index contributed by atoms with van der Waals surface area (Å²) in [6.45, 7) is 1.77. The first-order chi connectivity index (χ1) is 15.5. The van der Waals surface area contributed by atoms with Crippen LogP contribution in [-0.2, 0) is 19.6 Å². The third-order valence-corrected chi connectivity index (χ3v) is 8.13. The van der Waals surface area contributed by atoms with Crippen molar-refractivity contribution in [3.8, 4) is 11.3 Å². The van der Waals surface area contributed by atoms with Crippen LogP contribution in [0.2, 0.25) is 0 Å². The van der Waals surface area contributed by atoms with Gasteiger partial charge in [0.2, 0.25) is 10.0 Å². The van der Waals surface area contributed by atoms with Gasteiger partial charge in [-0.3, -0.25) is 14.5 Å². The van der Waals surface area contributed by atoms with E-state index in [2.05, 4.69) is 0 Å². The first kappa shape index (κ1) is 23.7. The van der Waals surface area contributed by atoms with E-state index in [9.17, 15) is 23.1 Å². The maximum absolute atomic E-state index is 13.0. The van der Waals surface area contributed by atoms with Crippen molar-refractivity contribution in [1.29, 1.82) is 0 Å². The van der Waals surface area contributed by atoms with Crippen LogP contribution in [0.1, 0.15) is 37.0 Å². The van der Waals surface area contributed by atoms with Crippen LogP contribution in [-0.4, -0.2) is 40.7 Å². The normalized spacial score (nSPS) is 22.8. The van der Waals surface area contributed by atoms with Gasteiger partial charge in [-0.15, -0.1) is 0 Å². The minimum Gasteiger partial charge on any atom is -0.481 e. The summed E-state index contributed by atoms with van der Waals surface area (Å²) >= 11 is 6.59. The number of hydrogen-bond acceptors (Lipinski definition) is 7. The molecule has 0 radical (unpaired) electrons. The van der Waals surface area contributed by atoms with Gasteiger partial charge >= 0.3 is 5.97 Å². The summed E-state index contributed by atoms with van der Waals surface area (Å²) in [6.07, 6.45) is 3.79. The molecular formula is C22H22N2O6S3. The number of thiocarbonyl (C=S) groups is 1. The molecule has 1 saturated carbocycles. The van der Waals surface area contributed by atoms with Crippen LogP contribution in [0.3, 0.4) is 0 Å². The summed E-state index contributed by atoms with van der Waals surface area (Å²) in [7, 11) is -3.96. The molecule has 3 N–H and O–H groups in total. The quantitative estimate of drug-likeness (QED) is 0.463. The molecule has 33 heavy (non-hydrogen) atoms. The van der Waals surface area contributed by atoms with Gasteiger partial charge in [0.05, 0.1) is 15.7 Å². The molecule has 2 heterocycles. The summed E-state index contributed by atoms with van der Waals surface area (Å²) in [4.78, 5) is 26.2. The molecule has 1 aliphatic heterocycles. The lowest BCUT2D eigenvalue weighted by molar-refractivity contribution is -0.143. The predicted octanol–water partition coefficient (Wildman–Crippen LogP) is 3.75. The van der Waals surface area contributed by atoms with Gasteiger partial charge in [-0.25, -0.2) is 13.6 Å². The zero-order chi connectivity index (χ0) is 23.9. The van der Waals surface area contributed by atoms with E-state index in [0.29, 0.717) is 52.0 Å². The molecule has 2 fully saturated rings. The third-order valence-electron chi connectivity index (χ3n) is 5.84. The van der Waals surface area contributed by atoms with Gasteiger partial charge in [-0.2, -0.15) is 0 Å². The van der Waals surface area contributed by atoms with E-state index in [1.165, 1.54) is 17.8 Å². The summed E-state index contributed by atoms with van der Waals surface area (Å²) in [6, 6.07) is 8.03. The van der Waals surface area contributed by atoms with Gasteiger partial charge in [0.1, 0.15) is 15.8 Å². The van der Waals surface area contributed by atoms with E-state index in [1.807, 2.05) is 0 Å². The zero-order valence-corrected chi connectivity index (χ0v) is 20.1. The van der Waals surface area contributed by atoms with Gasteiger partial charge in [0, 0.05) is 17.7 Å². The van der Waals surface area contributed by atoms with Crippen molar-refractivity contribution >= 4 is 56.3 Å². The van der Waals surface area contributed by atoms with Gasteiger partial charge in [-0.05, 0) is 62.4 Å². The van der Waals surface area contributed by atoms with Crippen LogP contribution in [0.4, 0.5) is 0 Å². The van der Waals surface area contributed by atoms with Crippen molar-refractivity contribution in [2.24, 2.45) is 11.1 Å². The maximum atomic E-state index is 13.0. The minimum absolute atomic E-state index is 0.0355. The number of nitrogens with two attached hydrogens (primary N) is 1. The first-order valence-electron chi connectivity index (χ1n) is 10.3. The number of hydrogen-bond donors (Lipinski definition) is 2. The lowest BCUT2D eigenvalue weighted by Gasteiger charge is -2.32. The van der Waals surface area contributed by atoms with Crippen molar-refractivity contribution in [3.05, 3.63) is 46.6 Å². The summed E-state index contributed by atoms with van der Waals surface area (Å²) in [5.41, 5.74) is 1.08. The van der Waals surface area contributed by atoms with Crippen LogP contribution in [0.15, 0.2) is 44.5 Å². The smallest absolute Gasteiger partial charge is 0.306 e. The number of amides is 1. The molecule has 174 valence electrons. The number of nitrogens with zero attached hydrogens (tertiary/aromatic N) is 1. The number of aliphatic carboxylic acids is 1. The number of carbonyl (C=O) groups is 2. The number of primary sulfonamides is 1. The Hall–Kier alpha value is -2.47. The number of sulfonamides is 1. The second kappa shape index (κ2) is 9.05. The Morgan fingerprint density at radius 2 is 1.94 bits per heavy atom. The van der Waals surface area contributed by atoms with E-state index in [0.717, 1.165) is 5.56 Å². The van der Waals surface area contributed by atoms with E-state index in [-0.39, 0.29) is 22.8 Å². The fourth-order valence-corrected chi connectivity index (χ4v) is 6.35. The Morgan fingerprint density at radius 1 is 1.24 bits per heavy atom. The average Bonchev–Trinajstić information content (AvgIpc) is 3.32. The Balaban J connectivity index is 1.56. The second-order valence-corrected chi connectivity index (χ2v) is 11.3. The number of aryl methyl sites for hydroxylation is 1. The Kier molecular flexibility index (Phi) is 6.50. The van der Waals surface area contributed by atoms with E-state index >= 15 is 0 Å². The molecule has 11 heteroatoms. The zero-order valence-electron chi connectivity index (χ0n) is 17.7. The SMILES string of the molecule is Cc1ccc(-c2ccc(/C=C3/SC(=S)N(C4CCC(C(=O)O)CC4)C3=O)o2)c(S(N)(=O)=O)c1. The van der Waals surface area contributed by atoms with E-state index < -0.39 is 16.0 Å². The van der Waals surface area contributed by atoms with Crippen LogP contribution < -0.4 is 5.14 Å². The number of carboxylic acid groups (broad SMARTS) is 1. The molecule has 0 unspecified atom stereocenters. The summed E-state index contributed by atoms with van der Waals surface area (Å²) < 4.78 is 30.3. The molecule has 0 atom stereocenters. The number of carbonyl (C=O) groups excluding carboxylic acids is 1. The monoisotopic (exact) mass is 506 g/mol. The third kappa shape index (κ3) is 4.91. The molecule has 2 aliphatic rings. The van der Waals surface area contributed by atoms with Crippen LogP contribution in [0, 0.1) is 12.8 Å². The molecule has 1 aromatic carbocycles. The minimum atomic E-state index is -3.96. The predicted molar refractivity (Wildman–Crippen MR) is 129 cm³/mol. The van der Waals surface area contributed by atoms with Gasteiger partial charge in [0.15, 0.2) is 0 Å². The number of benzene rings is 1. The molecule has 2 aromatic rings. The highest BCUT2D eigenvalue weighted by molar-refractivity contribution is 8.26. The lowest BCUT2D eigenvalue weighted by Crippen LogP contribution is -2.41. The van der Waals surface area contributed by atoms with Crippen molar-refractivity contribution in [2.75, 3.05) is 0 Å². The fraction of sp³-hybridized carbons (Fsp3) is 0.318. The maximum Gasteiger partial charge on any atom is 0.306 e. The van der Waals surface area contributed by atoms with E-state index in [4.69, 9.17) is 21.8 Å². The highest BCUT2D eigenvalue weighted by Crippen LogP contribution is 2.39. The molecule has 1 saturated heterocycles. The largest absolute Gasteiger partial charge is 0.481 e. The van der Waals surface area contributed by atoms with Crippen LogP contribution >= 0.6 is 24.0 Å². The van der Waals surface area contributed by atoms with Gasteiger partial charge < -0.3 is 9.52 Å². The van der Waals surface area contributed by atoms with Crippen molar-refractivity contribution in [1.82, 2.24) is 4.90 Å². The van der Waals surface area contributed by atoms with E-state index in [1.54, 1.807) is 42.2 Å². The molecule has 4 rings (SSSR count). The highest BCUT2D eigenvalue weighted by Gasteiger charge is 2.39. The lowest BCUT2D eigenvalue weighted by atomic mass is 9.85. The molecule has 1 aromatic heterocycles. The number of rotatable bonds is 5. The highest BCUT2D eigenvalue weighted by atomic mass is 32.2. The average molecular weight is 507 g/mol. The summed E-state index contributed by atoms with van der Waals surface area (Å²) in [5, 5.41) is 14.6. The number of furan rings is 1. The van der Waals surface area contributed by atoms with Crippen molar-refractivity contribution < 1.29 is 27.5 Å². The topological polar surface area (TPSA) is 131 Å². The molecule has 1 amide bonds. The Bertz CT molecular complexity index is 1270. The van der Waals surface area contributed by atoms with Crippen LogP contribution in [0.25, 0.3) is 17.4 Å². The van der Waals surface area contributed by atoms with Crippen molar-refractivity contribution in [3.63, 3.8) is 0 Å². The molecule has 8 nitrogen and oxygen atoms in total. The van der Waals surface area contributed by atoms with Gasteiger partial charge in [0.25, 0.3) is 5.91 Å². The Morgan fingerprint density at radius 3 is 2.58 bits per heavy atom. The van der Waals surface area contributed by atoms with Crippen LogP contribution in [0.5, 0.6) is 0 Å². The molecule has 0 bridgehead atoms. The number of carboxylic acids is 1. The standard InChI is InChI=1S/C22H22N2O6S3/c1-12-2-8-16(19(10-12)33(23,28)29)17-9-7-15(30-17)11-18-20(25)24(22(31)32-18)14-5-3-13(4-6-14)21(26)27/h2,7-11,13-14H,3-6H2,1H3,(H,26,27)(H2,23,28,29)/b18-11+. The van der Waals surface area contributed by atoms with Gasteiger partial charge in [-0.1, -0.05) is 30.0 Å². The molecular weight excluding hydrogens is 484 g/mol. The molecule has 1 aliphatic carbocycles. The summed E-state index contributed by atoms with van der Waals surface area (Å²) in [5.74, 6) is -0.719. The second-order valence-electron chi connectivity index (χ2n) is 8.14. The van der Waals surface area contributed by atoms with Crippen molar-refractivity contribution in [2.45, 2.75) is 43.5 Å². The Labute approximate surface area is 200 Å². The first-order valence-corrected chi connectivity index (χ1v) is 13.0. The molecule has 0 spiro atoms. The fourth-order valence-electron chi connectivity index (χ4n) is 4.15. The number of thioether (sulfide) groups is 1.